The summed E-state index contributed by atoms with van der Waals surface area (Å²) in [6.07, 6.45) is 6.25. The van der Waals surface area contributed by atoms with Crippen LogP contribution in [0, 0.1) is 0 Å². The predicted octanol–water partition coefficient (Wildman–Crippen LogP) is 0.612. The van der Waals surface area contributed by atoms with Gasteiger partial charge in [-0.25, -0.2) is 9.13 Å². The van der Waals surface area contributed by atoms with Crippen LogP contribution in [0.3, 0.4) is 0 Å². The maximum absolute atomic E-state index is 2.38. The summed E-state index contributed by atoms with van der Waals surface area (Å²) in [5, 5.41) is 0. The van der Waals surface area contributed by atoms with Crippen molar-refractivity contribution in [1.82, 2.24) is 9.47 Å². The smallest absolute Gasteiger partial charge is 0.244 e. The van der Waals surface area contributed by atoms with Crippen LogP contribution in [-0.4, -0.2) is 22.6 Å². The summed E-state index contributed by atoms with van der Waals surface area (Å²) in [5.74, 6) is 0. The Kier molecular flexibility index (Phi) is 3.29. The molecule has 0 amide bonds. The van der Waals surface area contributed by atoms with Gasteiger partial charge in [0.15, 0.2) is 0 Å². The fourth-order valence-electron chi connectivity index (χ4n) is 1.24. The summed E-state index contributed by atoms with van der Waals surface area (Å²) in [6, 6.07) is 0. The van der Waals surface area contributed by atoms with Crippen molar-refractivity contribution in [3.05, 3.63) is 18.7 Å². The molecule has 0 radical (unpaired) electrons. The molecule has 0 unspecified atom stereocenters. The summed E-state index contributed by atoms with van der Waals surface area (Å²) in [5.41, 5.74) is 0. The van der Waals surface area contributed by atoms with E-state index in [1.807, 2.05) is 7.05 Å². The molecule has 1 aromatic heterocycles. The summed E-state index contributed by atoms with van der Waals surface area (Å²) < 4.78 is 4.25. The van der Waals surface area contributed by atoms with Crippen molar-refractivity contribution in [3.8, 4) is 0 Å². The zero-order valence-electron chi connectivity index (χ0n) is 8.20. The first-order valence-corrected chi connectivity index (χ1v) is 4.49. The average molecular weight is 168 g/mol. The van der Waals surface area contributed by atoms with Gasteiger partial charge in [0.2, 0.25) is 6.33 Å². The van der Waals surface area contributed by atoms with Gasteiger partial charge in [-0.1, -0.05) is 13.8 Å². The molecule has 0 aliphatic heterocycles. The van der Waals surface area contributed by atoms with Crippen molar-refractivity contribution in [1.29, 1.82) is 0 Å². The summed E-state index contributed by atoms with van der Waals surface area (Å²) in [4.78, 5) is 2.38. The van der Waals surface area contributed by atoms with Crippen LogP contribution in [0.1, 0.15) is 13.8 Å². The predicted molar refractivity (Wildman–Crippen MR) is 48.5 cm³/mol. The van der Waals surface area contributed by atoms with Crippen LogP contribution in [0.5, 0.6) is 0 Å². The number of nitrogens with zero attached hydrogens (tertiary/aromatic N) is 3. The van der Waals surface area contributed by atoms with Crippen LogP contribution >= 0.6 is 0 Å². The third kappa shape index (κ3) is 2.34. The molecule has 0 aromatic carbocycles. The Labute approximate surface area is 74.2 Å². The normalized spacial score (nSPS) is 11.0. The third-order valence-corrected chi connectivity index (χ3v) is 2.08. The second-order valence-corrected chi connectivity index (χ2v) is 3.04. The van der Waals surface area contributed by atoms with Crippen molar-refractivity contribution < 1.29 is 4.57 Å². The molecule has 3 nitrogen and oxygen atoms in total. The molecule has 1 rings (SSSR count). The van der Waals surface area contributed by atoms with E-state index in [4.69, 9.17) is 0 Å². The van der Waals surface area contributed by atoms with E-state index < -0.39 is 0 Å². The van der Waals surface area contributed by atoms with Crippen molar-refractivity contribution >= 4 is 0 Å². The van der Waals surface area contributed by atoms with Crippen LogP contribution in [0.25, 0.3) is 0 Å². The number of aromatic nitrogens is 2. The highest BCUT2D eigenvalue weighted by Crippen LogP contribution is 1.91. The van der Waals surface area contributed by atoms with Crippen LogP contribution in [0.2, 0.25) is 0 Å². The van der Waals surface area contributed by atoms with Crippen LogP contribution in [-0.2, 0) is 13.7 Å². The lowest BCUT2D eigenvalue weighted by atomic mass is 10.5. The van der Waals surface area contributed by atoms with Gasteiger partial charge in [-0.15, -0.1) is 0 Å². The van der Waals surface area contributed by atoms with Gasteiger partial charge in [-0.3, -0.25) is 4.90 Å². The van der Waals surface area contributed by atoms with Crippen molar-refractivity contribution in [2.24, 2.45) is 7.05 Å². The van der Waals surface area contributed by atoms with Crippen molar-refractivity contribution in [3.63, 3.8) is 0 Å². The minimum absolute atomic E-state index is 0.994. The zero-order chi connectivity index (χ0) is 8.97. The lowest BCUT2D eigenvalue weighted by molar-refractivity contribution is -0.671. The molecule has 3 heteroatoms. The minimum atomic E-state index is 0.994. The fourth-order valence-corrected chi connectivity index (χ4v) is 1.24. The highest BCUT2D eigenvalue weighted by molar-refractivity contribution is 4.65. The van der Waals surface area contributed by atoms with Crippen LogP contribution in [0.4, 0.5) is 0 Å². The molecule has 0 saturated heterocycles. The Morgan fingerprint density at radius 1 is 1.33 bits per heavy atom. The largest absolute Gasteiger partial charge is 0.268 e. The van der Waals surface area contributed by atoms with E-state index in [9.17, 15) is 0 Å². The third-order valence-electron chi connectivity index (χ3n) is 2.08. The van der Waals surface area contributed by atoms with Gasteiger partial charge in [0.1, 0.15) is 19.1 Å². The Balaban J connectivity index is 2.50. The van der Waals surface area contributed by atoms with E-state index in [1.165, 1.54) is 0 Å². The van der Waals surface area contributed by atoms with Crippen LogP contribution < -0.4 is 4.57 Å². The molecule has 0 spiro atoms. The molecule has 0 aliphatic carbocycles. The molecule has 1 aromatic rings. The molecule has 0 saturated carbocycles. The van der Waals surface area contributed by atoms with Gasteiger partial charge < -0.3 is 0 Å². The minimum Gasteiger partial charge on any atom is -0.268 e. The number of rotatable bonds is 4. The molecule has 0 N–H and O–H groups in total. The molecule has 12 heavy (non-hydrogen) atoms. The molecular formula is C9H18N3+. The Morgan fingerprint density at radius 2 is 2.00 bits per heavy atom. The standard InChI is InChI=1S/C9H18N3/c1-4-11(5-2)9-12-7-6-10(3)8-12/h6-8H,4-5,9H2,1-3H3/q+1. The lowest BCUT2D eigenvalue weighted by Gasteiger charge is -2.14. The summed E-state index contributed by atoms with van der Waals surface area (Å²) >= 11 is 0. The van der Waals surface area contributed by atoms with Gasteiger partial charge in [0.25, 0.3) is 0 Å². The SMILES string of the molecule is CCN(CC)Cn1cc[n+](C)c1. The highest BCUT2D eigenvalue weighted by atomic mass is 15.3. The summed E-state index contributed by atoms with van der Waals surface area (Å²) in [7, 11) is 2.04. The van der Waals surface area contributed by atoms with Crippen LogP contribution in [0.15, 0.2) is 18.7 Å². The number of imidazole rings is 1. The number of hydrogen-bond acceptors (Lipinski definition) is 1. The van der Waals surface area contributed by atoms with Crippen molar-refractivity contribution in [2.45, 2.75) is 20.5 Å². The number of hydrogen-bond donors (Lipinski definition) is 0. The first-order chi connectivity index (χ1) is 5.76. The monoisotopic (exact) mass is 168 g/mol. The quantitative estimate of drug-likeness (QED) is 0.600. The maximum Gasteiger partial charge on any atom is 0.244 e. The van der Waals surface area contributed by atoms with Gasteiger partial charge in [-0.05, 0) is 13.1 Å². The molecule has 1 heterocycles. The van der Waals surface area contributed by atoms with E-state index in [2.05, 4.69) is 46.6 Å². The second-order valence-electron chi connectivity index (χ2n) is 3.04. The molecule has 68 valence electrons. The van der Waals surface area contributed by atoms with E-state index >= 15 is 0 Å². The second kappa shape index (κ2) is 4.26. The Hall–Kier alpha value is -0.830. The Morgan fingerprint density at radius 3 is 2.42 bits per heavy atom. The molecular weight excluding hydrogens is 150 g/mol. The van der Waals surface area contributed by atoms with E-state index in [0.717, 1.165) is 19.8 Å². The lowest BCUT2D eigenvalue weighted by Crippen LogP contribution is -2.28. The molecule has 0 aliphatic rings. The Bertz CT molecular complexity index is 225. The molecule has 0 atom stereocenters. The molecule has 0 bridgehead atoms. The molecule has 0 fully saturated rings. The van der Waals surface area contributed by atoms with Crippen molar-refractivity contribution in [2.75, 3.05) is 13.1 Å². The van der Waals surface area contributed by atoms with E-state index in [0.29, 0.717) is 0 Å². The average Bonchev–Trinajstić information content (AvgIpc) is 2.47. The first kappa shape index (κ1) is 9.26. The topological polar surface area (TPSA) is 12.1 Å². The highest BCUT2D eigenvalue weighted by Gasteiger charge is 2.04. The number of aryl methyl sites for hydroxylation is 1. The van der Waals surface area contributed by atoms with Gasteiger partial charge in [0, 0.05) is 0 Å². The maximum atomic E-state index is 2.38. The van der Waals surface area contributed by atoms with Gasteiger partial charge in [0.05, 0.1) is 7.05 Å². The van der Waals surface area contributed by atoms with Gasteiger partial charge >= 0.3 is 0 Å². The summed E-state index contributed by atoms with van der Waals surface area (Å²) in [6.45, 7) is 7.59. The van der Waals surface area contributed by atoms with Gasteiger partial charge in [-0.2, -0.15) is 0 Å². The fraction of sp³-hybridized carbons (Fsp3) is 0.667. The van der Waals surface area contributed by atoms with E-state index in [1.54, 1.807) is 0 Å². The first-order valence-electron chi connectivity index (χ1n) is 4.49. The zero-order valence-corrected chi connectivity index (χ0v) is 8.20. The van der Waals surface area contributed by atoms with E-state index in [-0.39, 0.29) is 0 Å².